The highest BCUT2D eigenvalue weighted by molar-refractivity contribution is 6.10. The SMILES string of the molecule is CC(=O)Oc1c(C)c(C)c2c(c1C)C=C(C(=O)Nc1ccc(O)cc1C(=O)O)CO2. The predicted octanol–water partition coefficient (Wildman–Crippen LogP) is 3.36. The summed E-state index contributed by atoms with van der Waals surface area (Å²) in [5.74, 6) is -1.47. The van der Waals surface area contributed by atoms with Crippen molar-refractivity contribution in [2.24, 2.45) is 0 Å². The number of aromatic carboxylic acids is 1. The smallest absolute Gasteiger partial charge is 0.337 e. The number of nitrogens with one attached hydrogen (secondary N) is 1. The van der Waals surface area contributed by atoms with Gasteiger partial charge in [-0.15, -0.1) is 0 Å². The van der Waals surface area contributed by atoms with Gasteiger partial charge < -0.3 is 25.0 Å². The Hall–Kier alpha value is -3.81. The fraction of sp³-hybridized carbons (Fsp3) is 0.227. The number of carboxylic acids is 1. The lowest BCUT2D eigenvalue weighted by atomic mass is 9.94. The van der Waals surface area contributed by atoms with Gasteiger partial charge in [0.15, 0.2) is 0 Å². The van der Waals surface area contributed by atoms with Gasteiger partial charge in [-0.1, -0.05) is 0 Å². The molecule has 0 aliphatic carbocycles. The van der Waals surface area contributed by atoms with Crippen LogP contribution in [0.5, 0.6) is 17.2 Å². The highest BCUT2D eigenvalue weighted by atomic mass is 16.5. The molecule has 0 unspecified atom stereocenters. The van der Waals surface area contributed by atoms with Gasteiger partial charge in [0.25, 0.3) is 5.91 Å². The number of ether oxygens (including phenoxy) is 2. The molecule has 1 aliphatic heterocycles. The van der Waals surface area contributed by atoms with Crippen molar-refractivity contribution in [2.75, 3.05) is 11.9 Å². The molecule has 8 nitrogen and oxygen atoms in total. The Morgan fingerprint density at radius 2 is 1.80 bits per heavy atom. The van der Waals surface area contributed by atoms with Crippen molar-refractivity contribution in [1.29, 1.82) is 0 Å². The van der Waals surface area contributed by atoms with Crippen LogP contribution in [-0.4, -0.2) is 34.7 Å². The molecule has 1 heterocycles. The highest BCUT2D eigenvalue weighted by Crippen LogP contribution is 2.41. The summed E-state index contributed by atoms with van der Waals surface area (Å²) in [5, 5.41) is 21.3. The maximum absolute atomic E-state index is 12.8. The van der Waals surface area contributed by atoms with E-state index in [0.717, 1.165) is 17.2 Å². The normalized spacial score (nSPS) is 12.3. The zero-order valence-corrected chi connectivity index (χ0v) is 17.0. The largest absolute Gasteiger partial charge is 0.508 e. The van der Waals surface area contributed by atoms with Crippen LogP contribution in [0.15, 0.2) is 23.8 Å². The topological polar surface area (TPSA) is 122 Å². The maximum atomic E-state index is 12.8. The quantitative estimate of drug-likeness (QED) is 0.401. The van der Waals surface area contributed by atoms with E-state index in [-0.39, 0.29) is 29.2 Å². The number of benzene rings is 2. The van der Waals surface area contributed by atoms with E-state index in [4.69, 9.17) is 9.47 Å². The summed E-state index contributed by atoms with van der Waals surface area (Å²) < 4.78 is 11.2. The van der Waals surface area contributed by atoms with Crippen LogP contribution in [0, 0.1) is 20.8 Å². The third-order valence-corrected chi connectivity index (χ3v) is 4.94. The lowest BCUT2D eigenvalue weighted by Crippen LogP contribution is -2.23. The number of carbonyl (C=O) groups excluding carboxylic acids is 2. The van der Waals surface area contributed by atoms with Crippen molar-refractivity contribution in [3.8, 4) is 17.2 Å². The molecule has 0 spiro atoms. The third kappa shape index (κ3) is 3.84. The van der Waals surface area contributed by atoms with Gasteiger partial charge >= 0.3 is 11.9 Å². The van der Waals surface area contributed by atoms with Gasteiger partial charge in [-0.2, -0.15) is 0 Å². The van der Waals surface area contributed by atoms with Crippen LogP contribution in [0.25, 0.3) is 6.08 Å². The van der Waals surface area contributed by atoms with Gasteiger partial charge in [0.05, 0.1) is 16.8 Å². The van der Waals surface area contributed by atoms with E-state index in [1.165, 1.54) is 19.1 Å². The van der Waals surface area contributed by atoms with Crippen LogP contribution < -0.4 is 14.8 Å². The lowest BCUT2D eigenvalue weighted by Gasteiger charge is -2.24. The Balaban J connectivity index is 2.00. The molecule has 0 saturated heterocycles. The van der Waals surface area contributed by atoms with Crippen LogP contribution in [0.2, 0.25) is 0 Å². The van der Waals surface area contributed by atoms with Crippen molar-refractivity contribution in [3.63, 3.8) is 0 Å². The second-order valence-electron chi connectivity index (χ2n) is 6.99. The second kappa shape index (κ2) is 7.90. The molecule has 2 aromatic carbocycles. The summed E-state index contributed by atoms with van der Waals surface area (Å²) in [6.45, 7) is 6.75. The molecule has 0 radical (unpaired) electrons. The molecule has 2 aromatic rings. The average molecular weight is 411 g/mol. The van der Waals surface area contributed by atoms with E-state index in [1.54, 1.807) is 13.0 Å². The summed E-state index contributed by atoms with van der Waals surface area (Å²) >= 11 is 0. The molecule has 30 heavy (non-hydrogen) atoms. The average Bonchev–Trinajstić information content (AvgIpc) is 2.70. The summed E-state index contributed by atoms with van der Waals surface area (Å²) in [6, 6.07) is 3.65. The molecule has 3 N–H and O–H groups in total. The Morgan fingerprint density at radius 1 is 1.10 bits per heavy atom. The molecule has 0 bridgehead atoms. The fourth-order valence-electron chi connectivity index (χ4n) is 3.29. The first-order valence-electron chi connectivity index (χ1n) is 9.13. The predicted molar refractivity (Wildman–Crippen MR) is 109 cm³/mol. The van der Waals surface area contributed by atoms with Crippen molar-refractivity contribution in [3.05, 3.63) is 51.6 Å². The third-order valence-electron chi connectivity index (χ3n) is 4.94. The van der Waals surface area contributed by atoms with Gasteiger partial charge in [-0.25, -0.2) is 4.79 Å². The molecular formula is C22H21NO7. The van der Waals surface area contributed by atoms with Gasteiger partial charge in [0, 0.05) is 18.1 Å². The van der Waals surface area contributed by atoms with Gasteiger partial charge in [0.1, 0.15) is 23.9 Å². The molecule has 3 rings (SSSR count). The minimum atomic E-state index is -1.28. The van der Waals surface area contributed by atoms with E-state index in [2.05, 4.69) is 5.32 Å². The number of hydrogen-bond acceptors (Lipinski definition) is 6. The minimum absolute atomic E-state index is 0.00798. The molecule has 1 aliphatic rings. The van der Waals surface area contributed by atoms with Gasteiger partial charge in [0.2, 0.25) is 0 Å². The summed E-state index contributed by atoms with van der Waals surface area (Å²) in [4.78, 5) is 35.6. The molecule has 1 amide bonds. The van der Waals surface area contributed by atoms with Crippen LogP contribution in [0.4, 0.5) is 5.69 Å². The number of hydrogen-bond donors (Lipinski definition) is 3. The van der Waals surface area contributed by atoms with Crippen LogP contribution in [0.1, 0.15) is 39.5 Å². The Bertz CT molecular complexity index is 1120. The maximum Gasteiger partial charge on any atom is 0.337 e. The van der Waals surface area contributed by atoms with Gasteiger partial charge in [-0.05, 0) is 56.2 Å². The Labute approximate surface area is 172 Å². The standard InChI is InChI=1S/C22H21NO7/c1-10-11(2)20-16(12(3)19(10)30-13(4)24)7-14(9-29-20)21(26)23-18-6-5-15(25)8-17(18)22(27)28/h5-8,25H,9H2,1-4H3,(H,23,26)(H,27,28). The first kappa shape index (κ1) is 20.9. The van der Waals surface area contributed by atoms with E-state index in [1.807, 2.05) is 13.8 Å². The van der Waals surface area contributed by atoms with E-state index in [0.29, 0.717) is 22.6 Å². The number of amides is 1. The molecule has 0 fully saturated rings. The van der Waals surface area contributed by atoms with Crippen LogP contribution >= 0.6 is 0 Å². The number of carboxylic acid groups (broad SMARTS) is 1. The van der Waals surface area contributed by atoms with Crippen LogP contribution in [0.3, 0.4) is 0 Å². The number of aromatic hydroxyl groups is 1. The first-order valence-corrected chi connectivity index (χ1v) is 9.13. The molecule has 0 saturated carbocycles. The number of phenols is 1. The number of phenolic OH excluding ortho intramolecular Hbond substituents is 1. The van der Waals surface area contributed by atoms with Crippen molar-refractivity contribution < 1.29 is 34.1 Å². The van der Waals surface area contributed by atoms with E-state index >= 15 is 0 Å². The zero-order chi connectivity index (χ0) is 22.2. The van der Waals surface area contributed by atoms with Crippen LogP contribution in [-0.2, 0) is 9.59 Å². The molecule has 0 atom stereocenters. The molecule has 8 heteroatoms. The van der Waals surface area contributed by atoms with Crippen molar-refractivity contribution in [2.45, 2.75) is 27.7 Å². The first-order chi connectivity index (χ1) is 14.1. The minimum Gasteiger partial charge on any atom is -0.508 e. The number of anilines is 1. The molecular weight excluding hydrogens is 390 g/mol. The van der Waals surface area contributed by atoms with Crippen molar-refractivity contribution >= 4 is 29.6 Å². The lowest BCUT2D eigenvalue weighted by molar-refractivity contribution is -0.132. The van der Waals surface area contributed by atoms with E-state index in [9.17, 15) is 24.6 Å². The molecule has 0 aromatic heterocycles. The summed E-state index contributed by atoms with van der Waals surface area (Å²) in [5.41, 5.74) is 2.94. The number of fused-ring (bicyclic) bond motifs is 1. The second-order valence-corrected chi connectivity index (χ2v) is 6.99. The Morgan fingerprint density at radius 3 is 2.43 bits per heavy atom. The summed E-state index contributed by atoms with van der Waals surface area (Å²) in [7, 11) is 0. The Kier molecular flexibility index (Phi) is 5.51. The highest BCUT2D eigenvalue weighted by Gasteiger charge is 2.25. The van der Waals surface area contributed by atoms with E-state index < -0.39 is 17.8 Å². The summed E-state index contributed by atoms with van der Waals surface area (Å²) in [6.07, 6.45) is 1.64. The monoisotopic (exact) mass is 411 g/mol. The van der Waals surface area contributed by atoms with Gasteiger partial charge in [-0.3, -0.25) is 9.59 Å². The molecule has 156 valence electrons. The number of esters is 1. The fourth-order valence-corrected chi connectivity index (χ4v) is 3.29. The number of rotatable bonds is 4. The van der Waals surface area contributed by atoms with Crippen molar-refractivity contribution in [1.82, 2.24) is 0 Å². The number of carbonyl (C=O) groups is 3. The zero-order valence-electron chi connectivity index (χ0n) is 17.0.